The first-order chi connectivity index (χ1) is 42.4. The first-order valence-corrected chi connectivity index (χ1v) is 33.0. The molecule has 0 aromatic heterocycles. The minimum atomic E-state index is -1.76. The van der Waals surface area contributed by atoms with E-state index in [0.29, 0.717) is 26.1 Å². The summed E-state index contributed by atoms with van der Waals surface area (Å²) in [5, 5.41) is 34.6. The molecule has 0 spiro atoms. The summed E-state index contributed by atoms with van der Waals surface area (Å²) in [6.45, 7) is 30.1. The summed E-state index contributed by atoms with van der Waals surface area (Å²) in [6, 6.07) is -12.3. The van der Waals surface area contributed by atoms with E-state index >= 15 is 14.4 Å². The van der Waals surface area contributed by atoms with Crippen molar-refractivity contribution in [1.29, 1.82) is 0 Å². The third-order valence-corrected chi connectivity index (χ3v) is 17.0. The molecule has 13 atom stereocenters. The number of hydrogen-bond donors (Lipinski definition) is 6. The molecule has 1 rings (SSSR count). The molecule has 26 nitrogen and oxygen atoms in total. The largest absolute Gasteiger partial charge is 0.450 e. The standard InChI is InChI=1S/C66H121N11O15/c1-36(2)30-46-61(85)74(21)49(33-39(7)8)57(81)67-44(16)66(90)92-56(42(13)14)65(89)75(22)50(34-40(9)10)59(83)69-47(31-37(3)4)62(86)76(23)53(41(11)12)64(88)77(24)54(55(80)43(15)26-27-71(18)28-29-91-25)60(84)70-52(45(17)78)63(87)72(19)35-51(79)73(20)48(32-38(5)6)58(82)68-46/h36-50,52-56,78,80H,26-35H2,1-25H3,(H,67,81)(H,68,82)(H,69,83)(H,70,84)/t43-,44+,45-,46+,47-,48+,49+,50+,52+,53+,54+,55-,56-/m1/s1. The number of esters is 1. The van der Waals surface area contributed by atoms with Crippen molar-refractivity contribution in [2.75, 3.05) is 82.7 Å². The van der Waals surface area contributed by atoms with Crippen molar-refractivity contribution < 1.29 is 72.4 Å². The topological polar surface area (TPSA) is 317 Å². The van der Waals surface area contributed by atoms with E-state index < -0.39 is 162 Å². The highest BCUT2D eigenvalue weighted by molar-refractivity contribution is 5.99. The molecular formula is C66H121N11O15. The maximum absolute atomic E-state index is 15.3. The van der Waals surface area contributed by atoms with Crippen LogP contribution < -0.4 is 21.3 Å². The first kappa shape index (κ1) is 84.0. The van der Waals surface area contributed by atoms with E-state index in [2.05, 4.69) is 21.3 Å². The van der Waals surface area contributed by atoms with Crippen LogP contribution in [0.1, 0.15) is 156 Å². The van der Waals surface area contributed by atoms with Crippen LogP contribution in [0.25, 0.3) is 0 Å². The van der Waals surface area contributed by atoms with Crippen LogP contribution in [0.15, 0.2) is 0 Å². The molecule has 0 saturated carbocycles. The maximum atomic E-state index is 15.3. The number of methoxy groups -OCH3 is 1. The van der Waals surface area contributed by atoms with Crippen molar-refractivity contribution in [3.8, 4) is 0 Å². The summed E-state index contributed by atoms with van der Waals surface area (Å²) in [5.74, 6) is -11.6. The van der Waals surface area contributed by atoms with Crippen LogP contribution in [0.2, 0.25) is 0 Å². The Morgan fingerprint density at radius 1 is 0.500 bits per heavy atom. The lowest BCUT2D eigenvalue weighted by atomic mass is 9.91. The van der Waals surface area contributed by atoms with Crippen molar-refractivity contribution in [1.82, 2.24) is 55.6 Å². The predicted octanol–water partition coefficient (Wildman–Crippen LogP) is 2.35. The maximum Gasteiger partial charge on any atom is 0.329 e. The van der Waals surface area contributed by atoms with Crippen LogP contribution in [-0.4, -0.2) is 265 Å². The number of aliphatic hydroxyl groups excluding tert-OH is 2. The van der Waals surface area contributed by atoms with Gasteiger partial charge in [-0.15, -0.1) is 0 Å². The fourth-order valence-corrected chi connectivity index (χ4v) is 11.3. The molecule has 0 radical (unpaired) electrons. The summed E-state index contributed by atoms with van der Waals surface area (Å²) < 4.78 is 11.1. The van der Waals surface area contributed by atoms with Gasteiger partial charge in [0, 0.05) is 55.9 Å². The SMILES string of the molecule is COCCN(C)CC[C@@H](C)[C@@H](O)[C@H]1C(=O)N[C@@H]([C@@H](C)O)C(=O)N(C)CC(=O)N(C)[C@@H](CC(C)C)C(=O)N[C@@H](CC(C)C)C(=O)N(C)[C@@H](CC(C)C)C(=O)N[C@@H](C)C(=O)O[C@H](C(C)C)C(=O)N(C)[C@@H](CC(C)C)C(=O)N[C@H](CC(C)C)C(=O)N(C)[C@@H](C(C)C)C(=O)N1C. The Labute approximate surface area is 550 Å². The molecule has 92 heavy (non-hydrogen) atoms. The Morgan fingerprint density at radius 2 is 0.913 bits per heavy atom. The van der Waals surface area contributed by atoms with Gasteiger partial charge in [0.1, 0.15) is 54.4 Å². The van der Waals surface area contributed by atoms with E-state index in [0.717, 1.165) is 14.7 Å². The predicted molar refractivity (Wildman–Crippen MR) is 351 cm³/mol. The quantitative estimate of drug-likeness (QED) is 0.0899. The molecule has 1 saturated heterocycles. The van der Waals surface area contributed by atoms with Gasteiger partial charge in [-0.3, -0.25) is 47.9 Å². The number of nitrogens with zero attached hydrogens (tertiary/aromatic N) is 7. The van der Waals surface area contributed by atoms with Crippen LogP contribution >= 0.6 is 0 Å². The number of hydrogen-bond acceptors (Lipinski definition) is 16. The van der Waals surface area contributed by atoms with E-state index in [1.807, 2.05) is 81.2 Å². The smallest absolute Gasteiger partial charge is 0.329 e. The van der Waals surface area contributed by atoms with Crippen LogP contribution in [0.5, 0.6) is 0 Å². The fourth-order valence-electron chi connectivity index (χ4n) is 11.3. The highest BCUT2D eigenvalue weighted by Crippen LogP contribution is 2.25. The minimum Gasteiger partial charge on any atom is -0.450 e. The number of cyclic esters (lactones) is 1. The van der Waals surface area contributed by atoms with E-state index in [1.165, 1.54) is 70.8 Å². The molecule has 0 aliphatic carbocycles. The lowest BCUT2D eigenvalue weighted by Gasteiger charge is -2.40. The van der Waals surface area contributed by atoms with Gasteiger partial charge in [-0.1, -0.05) is 104 Å². The number of nitrogens with one attached hydrogen (secondary N) is 4. The molecule has 0 unspecified atom stereocenters. The van der Waals surface area contributed by atoms with Gasteiger partial charge in [0.05, 0.1) is 25.4 Å². The first-order valence-electron chi connectivity index (χ1n) is 33.0. The van der Waals surface area contributed by atoms with Crippen LogP contribution in [-0.2, 0) is 62.2 Å². The molecule has 0 aromatic carbocycles. The van der Waals surface area contributed by atoms with Crippen LogP contribution in [0, 0.1) is 47.3 Å². The Balaban J connectivity index is 4.44. The van der Waals surface area contributed by atoms with Gasteiger partial charge in [-0.25, -0.2) is 4.79 Å². The van der Waals surface area contributed by atoms with E-state index in [4.69, 9.17) is 9.47 Å². The molecule has 1 aliphatic heterocycles. The van der Waals surface area contributed by atoms with Gasteiger partial charge >= 0.3 is 5.97 Å². The number of ether oxygens (including phenoxy) is 2. The number of amides is 10. The monoisotopic (exact) mass is 1310 g/mol. The Bertz CT molecular complexity index is 2440. The molecule has 6 N–H and O–H groups in total. The summed E-state index contributed by atoms with van der Waals surface area (Å²) in [5.41, 5.74) is 0. The lowest BCUT2D eigenvalue weighted by molar-refractivity contribution is -0.166. The zero-order valence-corrected chi connectivity index (χ0v) is 60.5. The highest BCUT2D eigenvalue weighted by atomic mass is 16.6. The van der Waals surface area contributed by atoms with E-state index in [-0.39, 0.29) is 61.7 Å². The zero-order valence-electron chi connectivity index (χ0n) is 60.5. The molecule has 10 amide bonds. The molecule has 0 bridgehead atoms. The normalized spacial score (nSPS) is 26.1. The van der Waals surface area contributed by atoms with Crippen LogP contribution in [0.4, 0.5) is 0 Å². The van der Waals surface area contributed by atoms with Gasteiger partial charge in [0.15, 0.2) is 6.10 Å². The third kappa shape index (κ3) is 25.4. The number of carbonyl (C=O) groups excluding carboxylic acids is 11. The Kier molecular flexibility index (Phi) is 35.6. The summed E-state index contributed by atoms with van der Waals surface area (Å²) in [6.07, 6.45) is -3.88. The van der Waals surface area contributed by atoms with Gasteiger partial charge in [0.25, 0.3) is 5.91 Å². The second-order valence-corrected chi connectivity index (χ2v) is 28.6. The van der Waals surface area contributed by atoms with Crippen molar-refractivity contribution in [2.45, 2.75) is 229 Å². The summed E-state index contributed by atoms with van der Waals surface area (Å²) in [4.78, 5) is 170. The van der Waals surface area contributed by atoms with Crippen molar-refractivity contribution in [2.24, 2.45) is 47.3 Å². The van der Waals surface area contributed by atoms with E-state index in [9.17, 15) is 48.6 Å². The summed E-state index contributed by atoms with van der Waals surface area (Å²) in [7, 11) is 11.6. The number of aliphatic hydroxyl groups is 2. The molecule has 530 valence electrons. The number of carbonyl (C=O) groups is 11. The Hall–Kier alpha value is -5.99. The van der Waals surface area contributed by atoms with Crippen LogP contribution in [0.3, 0.4) is 0 Å². The van der Waals surface area contributed by atoms with Crippen molar-refractivity contribution in [3.63, 3.8) is 0 Å². The molecule has 1 heterocycles. The minimum absolute atomic E-state index is 0.0743. The summed E-state index contributed by atoms with van der Waals surface area (Å²) >= 11 is 0. The van der Waals surface area contributed by atoms with Gasteiger partial charge < -0.3 is 75.3 Å². The molecular weight excluding hydrogens is 1190 g/mol. The van der Waals surface area contributed by atoms with Gasteiger partial charge in [0.2, 0.25) is 53.2 Å². The zero-order chi connectivity index (χ0) is 71.3. The van der Waals surface area contributed by atoms with Crippen molar-refractivity contribution in [3.05, 3.63) is 0 Å². The average molecular weight is 1310 g/mol. The number of likely N-dealkylation sites (N-methyl/N-ethyl adjacent to an activating group) is 7. The second-order valence-electron chi connectivity index (χ2n) is 28.6. The molecule has 1 aliphatic rings. The third-order valence-electron chi connectivity index (χ3n) is 17.0. The molecule has 1 fully saturated rings. The number of rotatable bonds is 21. The van der Waals surface area contributed by atoms with Gasteiger partial charge in [-0.05, 0) is 113 Å². The lowest BCUT2D eigenvalue weighted by Crippen LogP contribution is -2.64. The molecule has 26 heteroatoms. The van der Waals surface area contributed by atoms with Gasteiger partial charge in [-0.2, -0.15) is 0 Å². The Morgan fingerprint density at radius 3 is 1.33 bits per heavy atom. The highest BCUT2D eigenvalue weighted by Gasteiger charge is 2.46. The van der Waals surface area contributed by atoms with E-state index in [1.54, 1.807) is 41.7 Å². The second kappa shape index (κ2) is 39.0. The van der Waals surface area contributed by atoms with Crippen molar-refractivity contribution >= 4 is 65.0 Å². The molecule has 0 aromatic rings. The average Bonchev–Trinajstić information content (AvgIpc) is 0.834. The fraction of sp³-hybridized carbons (Fsp3) is 0.833.